The van der Waals surface area contributed by atoms with E-state index in [0.29, 0.717) is 30.8 Å². The zero-order chi connectivity index (χ0) is 18.0. The number of aromatic nitrogens is 2. The number of ether oxygens (including phenoxy) is 1. The monoisotopic (exact) mass is 340 g/mol. The predicted molar refractivity (Wildman–Crippen MR) is 100 cm³/mol. The molecule has 0 spiro atoms. The third kappa shape index (κ3) is 3.28. The minimum Gasteiger partial charge on any atom is -0.390 e. The van der Waals surface area contributed by atoms with Crippen molar-refractivity contribution in [2.45, 2.75) is 26.3 Å². The minimum atomic E-state index is 0.306. The standard InChI is InChI=1S/C18H24N6O/c1-5-16(12(3)20-4)23-17-11(2)15(7-21-18(17)19)13-6-22-24(8-13)14-9-25-10-14/h6-8,14,20H,2,5,9-10H2,1,3-4H3,(H2,19,21)/b16-12+,23-17+. The Kier molecular flexibility index (Phi) is 4.85. The molecule has 3 N–H and O–H groups in total. The van der Waals surface area contributed by atoms with Gasteiger partial charge in [-0.3, -0.25) is 4.68 Å². The summed E-state index contributed by atoms with van der Waals surface area (Å²) in [7, 11) is 1.88. The molecule has 0 radical (unpaired) electrons. The van der Waals surface area contributed by atoms with Gasteiger partial charge in [0.25, 0.3) is 0 Å². The second-order valence-corrected chi connectivity index (χ2v) is 6.07. The number of aliphatic imine (C=N–C) groups is 2. The average molecular weight is 340 g/mol. The van der Waals surface area contributed by atoms with Gasteiger partial charge in [0.1, 0.15) is 11.5 Å². The Morgan fingerprint density at radius 1 is 1.52 bits per heavy atom. The SMILES string of the molecule is C=C1C(c2cnn(C3COC3)c2)=CN=C(N)/C1=N/C(CC)=C(\C)NC. The van der Waals surface area contributed by atoms with Crippen molar-refractivity contribution in [1.82, 2.24) is 15.1 Å². The van der Waals surface area contributed by atoms with Crippen LogP contribution in [0.3, 0.4) is 0 Å². The molecule has 1 fully saturated rings. The summed E-state index contributed by atoms with van der Waals surface area (Å²) in [5.41, 5.74) is 11.2. The Labute approximate surface area is 147 Å². The minimum absolute atomic E-state index is 0.306. The van der Waals surface area contributed by atoms with Crippen molar-refractivity contribution in [3.05, 3.63) is 47.7 Å². The molecule has 2 aliphatic rings. The molecule has 0 atom stereocenters. The summed E-state index contributed by atoms with van der Waals surface area (Å²) in [5, 5.41) is 7.56. The summed E-state index contributed by atoms with van der Waals surface area (Å²) in [6.07, 6.45) is 6.33. The molecular formula is C18H24N6O. The van der Waals surface area contributed by atoms with Gasteiger partial charge < -0.3 is 15.8 Å². The van der Waals surface area contributed by atoms with Crippen LogP contribution in [-0.2, 0) is 4.74 Å². The van der Waals surface area contributed by atoms with Crippen molar-refractivity contribution in [3.63, 3.8) is 0 Å². The molecule has 0 bridgehead atoms. The maximum atomic E-state index is 6.07. The third-order valence-corrected chi connectivity index (χ3v) is 4.48. The first-order valence-electron chi connectivity index (χ1n) is 8.37. The van der Waals surface area contributed by atoms with Gasteiger partial charge in [-0.05, 0) is 13.3 Å². The van der Waals surface area contributed by atoms with E-state index < -0.39 is 0 Å². The Morgan fingerprint density at radius 3 is 2.88 bits per heavy atom. The van der Waals surface area contributed by atoms with Crippen molar-refractivity contribution in [1.29, 1.82) is 0 Å². The van der Waals surface area contributed by atoms with Crippen LogP contribution in [0.15, 0.2) is 52.1 Å². The molecule has 1 aromatic rings. The first-order chi connectivity index (χ1) is 12.0. The lowest BCUT2D eigenvalue weighted by Crippen LogP contribution is -2.30. The highest BCUT2D eigenvalue weighted by atomic mass is 16.5. The molecule has 3 rings (SSSR count). The van der Waals surface area contributed by atoms with E-state index in [0.717, 1.165) is 34.5 Å². The summed E-state index contributed by atoms with van der Waals surface area (Å²) in [4.78, 5) is 9.04. The molecule has 7 nitrogen and oxygen atoms in total. The molecule has 2 aliphatic heterocycles. The van der Waals surface area contributed by atoms with Crippen molar-refractivity contribution >= 4 is 17.1 Å². The molecule has 3 heterocycles. The van der Waals surface area contributed by atoms with Gasteiger partial charge in [0.05, 0.1) is 31.1 Å². The lowest BCUT2D eigenvalue weighted by molar-refractivity contribution is -0.0286. The molecule has 132 valence electrons. The van der Waals surface area contributed by atoms with Crippen LogP contribution in [0.25, 0.3) is 5.57 Å². The second-order valence-electron chi connectivity index (χ2n) is 6.07. The summed E-state index contributed by atoms with van der Waals surface area (Å²) >= 11 is 0. The van der Waals surface area contributed by atoms with Crippen LogP contribution in [0, 0.1) is 0 Å². The number of rotatable bonds is 5. The fourth-order valence-corrected chi connectivity index (χ4v) is 2.69. The highest BCUT2D eigenvalue weighted by Gasteiger charge is 2.24. The van der Waals surface area contributed by atoms with Gasteiger partial charge in [0.2, 0.25) is 0 Å². The maximum absolute atomic E-state index is 6.07. The summed E-state index contributed by atoms with van der Waals surface area (Å²) in [6.45, 7) is 9.65. The van der Waals surface area contributed by atoms with Gasteiger partial charge in [-0.15, -0.1) is 0 Å². The van der Waals surface area contributed by atoms with Crippen LogP contribution in [0.5, 0.6) is 0 Å². The number of hydrogen-bond acceptors (Lipinski definition) is 6. The Bertz CT molecular complexity index is 807. The van der Waals surface area contributed by atoms with Crippen molar-refractivity contribution < 1.29 is 4.74 Å². The van der Waals surface area contributed by atoms with Crippen LogP contribution >= 0.6 is 0 Å². The molecule has 7 heteroatoms. The molecule has 25 heavy (non-hydrogen) atoms. The van der Waals surface area contributed by atoms with Gasteiger partial charge in [-0.1, -0.05) is 13.5 Å². The number of nitrogens with two attached hydrogens (primary N) is 1. The number of allylic oxidation sites excluding steroid dienone is 3. The fourth-order valence-electron chi connectivity index (χ4n) is 2.69. The lowest BCUT2D eigenvalue weighted by atomic mass is 9.96. The van der Waals surface area contributed by atoms with Gasteiger partial charge >= 0.3 is 0 Å². The number of hydrogen-bond donors (Lipinski definition) is 2. The van der Waals surface area contributed by atoms with Crippen LogP contribution in [0.1, 0.15) is 31.9 Å². The predicted octanol–water partition coefficient (Wildman–Crippen LogP) is 2.02. The smallest absolute Gasteiger partial charge is 0.149 e. The van der Waals surface area contributed by atoms with E-state index in [1.54, 1.807) is 6.20 Å². The zero-order valence-corrected chi connectivity index (χ0v) is 14.9. The Balaban J connectivity index is 1.93. The summed E-state index contributed by atoms with van der Waals surface area (Å²) < 4.78 is 7.15. The highest BCUT2D eigenvalue weighted by Crippen LogP contribution is 2.28. The van der Waals surface area contributed by atoms with Crippen molar-refractivity contribution in [2.24, 2.45) is 15.7 Å². The highest BCUT2D eigenvalue weighted by molar-refractivity contribution is 6.51. The van der Waals surface area contributed by atoms with E-state index in [-0.39, 0.29) is 0 Å². The summed E-state index contributed by atoms with van der Waals surface area (Å²) in [6, 6.07) is 0.306. The van der Waals surface area contributed by atoms with Crippen LogP contribution in [0.4, 0.5) is 0 Å². The second kappa shape index (κ2) is 7.06. The number of nitrogens with one attached hydrogen (secondary N) is 1. The number of nitrogens with zero attached hydrogens (tertiary/aromatic N) is 4. The van der Waals surface area contributed by atoms with Gasteiger partial charge in [-0.25, -0.2) is 9.98 Å². The van der Waals surface area contributed by atoms with E-state index in [1.807, 2.05) is 31.0 Å². The Hall–Kier alpha value is -2.67. The largest absolute Gasteiger partial charge is 0.390 e. The molecule has 0 aliphatic carbocycles. The van der Waals surface area contributed by atoms with Gasteiger partial charge in [0, 0.05) is 41.9 Å². The van der Waals surface area contributed by atoms with E-state index in [2.05, 4.69) is 28.9 Å². The van der Waals surface area contributed by atoms with Gasteiger partial charge in [0.15, 0.2) is 0 Å². The molecule has 0 amide bonds. The van der Waals surface area contributed by atoms with Crippen LogP contribution in [0.2, 0.25) is 0 Å². The fraction of sp³-hybridized carbons (Fsp3) is 0.389. The molecule has 0 unspecified atom stereocenters. The van der Waals surface area contributed by atoms with E-state index in [1.165, 1.54) is 0 Å². The zero-order valence-electron chi connectivity index (χ0n) is 14.9. The lowest BCUT2D eigenvalue weighted by Gasteiger charge is -2.26. The quantitative estimate of drug-likeness (QED) is 0.858. The van der Waals surface area contributed by atoms with E-state index in [9.17, 15) is 0 Å². The first-order valence-corrected chi connectivity index (χ1v) is 8.37. The van der Waals surface area contributed by atoms with Crippen molar-refractivity contribution in [2.75, 3.05) is 20.3 Å². The number of amidine groups is 1. The first kappa shape index (κ1) is 17.2. The molecule has 0 aromatic carbocycles. The summed E-state index contributed by atoms with van der Waals surface area (Å²) in [5.74, 6) is 0.378. The van der Waals surface area contributed by atoms with Crippen LogP contribution in [-0.4, -0.2) is 41.6 Å². The Morgan fingerprint density at radius 2 is 2.28 bits per heavy atom. The maximum Gasteiger partial charge on any atom is 0.149 e. The molecule has 1 aromatic heterocycles. The average Bonchev–Trinajstić information content (AvgIpc) is 3.01. The van der Waals surface area contributed by atoms with E-state index in [4.69, 9.17) is 15.5 Å². The van der Waals surface area contributed by atoms with Crippen molar-refractivity contribution in [3.8, 4) is 0 Å². The molecule has 1 saturated heterocycles. The third-order valence-electron chi connectivity index (χ3n) is 4.48. The van der Waals surface area contributed by atoms with Crippen LogP contribution < -0.4 is 11.1 Å². The molecular weight excluding hydrogens is 316 g/mol. The normalized spacial score (nSPS) is 20.8. The van der Waals surface area contributed by atoms with E-state index >= 15 is 0 Å². The van der Waals surface area contributed by atoms with Gasteiger partial charge in [-0.2, -0.15) is 5.10 Å². The molecule has 0 saturated carbocycles. The topological polar surface area (TPSA) is 89.8 Å².